The summed E-state index contributed by atoms with van der Waals surface area (Å²) < 4.78 is 0. The van der Waals surface area contributed by atoms with Gasteiger partial charge < -0.3 is 190 Å². The van der Waals surface area contributed by atoms with E-state index in [4.69, 9.17) is 120 Å². The van der Waals surface area contributed by atoms with Gasteiger partial charge in [-0.2, -0.15) is 0 Å². The van der Waals surface area contributed by atoms with Crippen molar-refractivity contribution in [2.24, 2.45) is 155 Å². The van der Waals surface area contributed by atoms with Crippen LogP contribution in [0.15, 0.2) is 34.9 Å². The Morgan fingerprint density at radius 2 is 0.322 bits per heavy atom. The predicted octanol–water partition coefficient (Wildman–Crippen LogP) is -20.1. The molecule has 0 aromatic rings. The van der Waals surface area contributed by atoms with Crippen LogP contribution in [-0.4, -0.2) is 189 Å². The zero-order chi connectivity index (χ0) is 66.9. The van der Waals surface area contributed by atoms with E-state index in [-0.39, 0.29) is 97.7 Å². The number of carbonyl (C=O) groups excluding carboxylic acids is 7. The van der Waals surface area contributed by atoms with Crippen LogP contribution in [0.25, 0.3) is 0 Å². The molecule has 0 aliphatic rings. The van der Waals surface area contributed by atoms with Crippen molar-refractivity contribution >= 4 is 113 Å². The number of nitrogens with zero attached hydrogens (tertiary/aromatic N) is 7. The van der Waals surface area contributed by atoms with E-state index >= 15 is 0 Å². The van der Waals surface area contributed by atoms with Crippen molar-refractivity contribution in [1.82, 2.24) is 0 Å². The molecule has 0 saturated heterocycles. The average Bonchev–Trinajstić information content (AvgIpc) is 3.38. The Kier molecular flexibility index (Phi) is 79.0. The first-order valence-electron chi connectivity index (χ1n) is 24.9. The van der Waals surface area contributed by atoms with Crippen molar-refractivity contribution < 1.29 is 95.5 Å². The molecule has 0 spiro atoms. The molecule has 0 radical (unpaired) electrons. The summed E-state index contributed by atoms with van der Waals surface area (Å²) in [6, 6.07) is -6.52. The van der Waals surface area contributed by atoms with E-state index in [0.717, 1.165) is 0 Å². The molecule has 42 nitrogen and oxygen atoms in total. The summed E-state index contributed by atoms with van der Waals surface area (Å²) >= 11 is 0. The summed E-state index contributed by atoms with van der Waals surface area (Å²) in [5.41, 5.74) is 107. The number of carboxylic acids is 7. The van der Waals surface area contributed by atoms with Gasteiger partial charge in [-0.3, -0.25) is 34.9 Å². The van der Waals surface area contributed by atoms with E-state index in [1.54, 1.807) is 0 Å². The van der Waals surface area contributed by atoms with Gasteiger partial charge in [0.2, 0.25) is 0 Å². The molecule has 45 heteroatoms. The molecule has 0 heterocycles. The van der Waals surface area contributed by atoms with Crippen LogP contribution in [0, 0.1) is 0 Å². The Balaban J connectivity index is -0.0000000988. The van der Waals surface area contributed by atoms with Crippen LogP contribution in [-0.2, 0) is 59.8 Å². The number of guanidine groups is 7. The second-order valence-corrected chi connectivity index (χ2v) is 16.6. The molecule has 42 N–H and O–H groups in total. The van der Waals surface area contributed by atoms with Crippen LogP contribution in [0.5, 0.6) is 0 Å². The van der Waals surface area contributed by atoms with Crippen molar-refractivity contribution in [3.05, 3.63) is 0 Å². The number of aliphatic carboxylic acids is 7. The molecule has 7 atom stereocenters. The number of carbonyl (C=O) groups is 7. The van der Waals surface area contributed by atoms with Gasteiger partial charge in [0.25, 0.3) is 0 Å². The molecule has 0 aliphatic heterocycles. The molecule has 0 bridgehead atoms. The molecule has 0 saturated carbocycles. The fraction of sp³-hybridized carbons (Fsp3) is 0.667. The zero-order valence-electron chi connectivity index (χ0n) is 48.3. The molecule has 0 unspecified atom stereocenters. The van der Waals surface area contributed by atoms with E-state index in [0.29, 0.717) is 136 Å². The summed E-state index contributed by atoms with van der Waals surface area (Å²) in [5, 5.41) is 70.7. The Morgan fingerprint density at radius 1 is 0.241 bits per heavy atom. The van der Waals surface area contributed by atoms with E-state index in [1.165, 1.54) is 0 Å². The summed E-state index contributed by atoms with van der Waals surface area (Å²) in [4.78, 5) is 96.4. The van der Waals surface area contributed by atoms with E-state index < -0.39 is 84.1 Å². The monoisotopic (exact) mass is 1360 g/mol. The Bertz CT molecular complexity index is 1650. The summed E-state index contributed by atoms with van der Waals surface area (Å²) in [5.74, 6) is -8.77. The SMILES string of the molecule is Cl.NC(N)=NCCC[C@H](N)C(=O)[O-].NC(N)=NCCC[C@H](N)C(=O)[O-].NC(N)=NCCC[C@H](N)C(=O)[O-].NC(N)=NCCC[C@H](N)C(=O)[O-].NC(N)=NCCC[C@H](N)C(=O)[O-].NC(N)=NCCC[C@H](N)C(=O)[O-].NC(N)=NCCC[C@H](N)C(=O)[O-].[Al+3].[Zr+4]. The van der Waals surface area contributed by atoms with Gasteiger partial charge in [0.05, 0.1) is 41.8 Å². The normalized spacial score (nSPS) is 11.7. The summed E-state index contributed by atoms with van der Waals surface area (Å²) in [6.45, 7) is 2.75. The van der Waals surface area contributed by atoms with Crippen molar-refractivity contribution in [1.29, 1.82) is 0 Å². The minimum Gasteiger partial charge on any atom is -0.548 e. The maximum Gasteiger partial charge on any atom is 4.00 e. The third kappa shape index (κ3) is 95.2. The minimum absolute atomic E-state index is 0. The van der Waals surface area contributed by atoms with Crippen molar-refractivity contribution in [2.45, 2.75) is 132 Å². The molecular formula is C42H92AlClN28O14Zr. The Morgan fingerprint density at radius 3 is 0.379 bits per heavy atom. The smallest absolute Gasteiger partial charge is 0.548 e. The average molecular weight is 1370 g/mol. The molecule has 87 heavy (non-hydrogen) atoms. The van der Waals surface area contributed by atoms with Crippen LogP contribution in [0.2, 0.25) is 0 Å². The molecule has 0 aromatic heterocycles. The number of hydrogen-bond donors (Lipinski definition) is 21. The third-order valence-corrected chi connectivity index (χ3v) is 8.89. The van der Waals surface area contributed by atoms with Crippen molar-refractivity contribution in [3.63, 3.8) is 0 Å². The minimum atomic E-state index is -1.25. The first kappa shape index (κ1) is 102. The fourth-order valence-corrected chi connectivity index (χ4v) is 4.46. The molecule has 0 aliphatic carbocycles. The van der Waals surface area contributed by atoms with Gasteiger partial charge in [0.15, 0.2) is 41.7 Å². The molecular weight excluding hydrogens is 1270 g/mol. The van der Waals surface area contributed by atoms with Crippen LogP contribution >= 0.6 is 12.4 Å². The first-order valence-corrected chi connectivity index (χ1v) is 24.9. The summed E-state index contributed by atoms with van der Waals surface area (Å²) in [7, 11) is 0. The molecule has 498 valence electrons. The number of hydrogen-bond acceptors (Lipinski definition) is 28. The van der Waals surface area contributed by atoms with Crippen molar-refractivity contribution in [3.8, 4) is 0 Å². The van der Waals surface area contributed by atoms with Gasteiger partial charge in [0.1, 0.15) is 0 Å². The number of halogens is 1. The largest absolute Gasteiger partial charge is 4.00 e. The third-order valence-electron chi connectivity index (χ3n) is 8.89. The van der Waals surface area contributed by atoms with Gasteiger partial charge in [-0.05, 0) is 89.9 Å². The Hall–Kier alpha value is -7.39. The standard InChI is InChI=1S/7C6H14N4O2.Al.ClH.Zr/c7*7-4(5(11)12)2-1-3-10-6(8)9;;;/h7*4H,1-3,7H2,(H,11,12)(H4,8,9,10);;1H;/q;;;;;;;+3;;+4/p-7/t7*4-;;;/m0000000.../s1. The first-order chi connectivity index (χ1) is 38.8. The Labute approximate surface area is 539 Å². The topological polar surface area (TPSA) is 914 Å². The van der Waals surface area contributed by atoms with Gasteiger partial charge in [-0.15, -0.1) is 12.4 Å². The maximum absolute atomic E-state index is 10.1. The second kappa shape index (κ2) is 67.7. The maximum atomic E-state index is 10.1. The van der Waals surface area contributed by atoms with Crippen LogP contribution < -0.4 is 156 Å². The quantitative estimate of drug-likeness (QED) is 0.0121. The van der Waals surface area contributed by atoms with E-state index in [9.17, 15) is 69.3 Å². The number of nitrogens with two attached hydrogens (primary N) is 21. The zero-order valence-corrected chi connectivity index (χ0v) is 52.8. The van der Waals surface area contributed by atoms with Gasteiger partial charge in [0, 0.05) is 88.1 Å². The molecule has 0 aromatic carbocycles. The van der Waals surface area contributed by atoms with Crippen LogP contribution in [0.1, 0.15) is 89.9 Å². The number of carboxylic acid groups (broad SMARTS) is 7. The number of aliphatic imine (C=N–C) groups is 7. The van der Waals surface area contributed by atoms with Crippen molar-refractivity contribution in [2.75, 3.05) is 45.8 Å². The van der Waals surface area contributed by atoms with Crippen LogP contribution in [0.3, 0.4) is 0 Å². The predicted molar refractivity (Wildman–Crippen MR) is 313 cm³/mol. The van der Waals surface area contributed by atoms with Gasteiger partial charge in [-0.25, -0.2) is 0 Å². The van der Waals surface area contributed by atoms with Gasteiger partial charge >= 0.3 is 43.6 Å². The van der Waals surface area contributed by atoms with Gasteiger partial charge in [-0.1, -0.05) is 0 Å². The van der Waals surface area contributed by atoms with E-state index in [1.807, 2.05) is 0 Å². The second-order valence-electron chi connectivity index (χ2n) is 16.6. The molecule has 0 rings (SSSR count). The number of rotatable bonds is 35. The van der Waals surface area contributed by atoms with E-state index in [2.05, 4.69) is 34.9 Å². The fourth-order valence-electron chi connectivity index (χ4n) is 4.46. The molecule has 0 amide bonds. The van der Waals surface area contributed by atoms with Crippen LogP contribution in [0.4, 0.5) is 0 Å². The molecule has 0 fully saturated rings. The summed E-state index contributed by atoms with van der Waals surface area (Å²) in [6.07, 6.45) is 5.97.